The summed E-state index contributed by atoms with van der Waals surface area (Å²) < 4.78 is 10.3. The minimum atomic E-state index is -0.0668. The Morgan fingerprint density at radius 2 is 1.67 bits per heavy atom. The summed E-state index contributed by atoms with van der Waals surface area (Å²) in [6.07, 6.45) is 2.16. The molecule has 0 unspecified atom stereocenters. The number of anilines is 1. The summed E-state index contributed by atoms with van der Waals surface area (Å²) in [6.45, 7) is 1.65. The van der Waals surface area contributed by atoms with Gasteiger partial charge >= 0.3 is 6.03 Å². The third kappa shape index (κ3) is 2.85. The number of rotatable bonds is 3. The van der Waals surface area contributed by atoms with Crippen molar-refractivity contribution in [2.75, 3.05) is 32.6 Å². The fourth-order valence-corrected chi connectivity index (χ4v) is 2.00. The third-order valence-corrected chi connectivity index (χ3v) is 3.00. The lowest BCUT2D eigenvalue weighted by molar-refractivity contribution is 0.222. The van der Waals surface area contributed by atoms with E-state index in [0.717, 1.165) is 25.9 Å². The van der Waals surface area contributed by atoms with Gasteiger partial charge in [-0.15, -0.1) is 0 Å². The maximum Gasteiger partial charge on any atom is 0.321 e. The van der Waals surface area contributed by atoms with E-state index < -0.39 is 0 Å². The number of hydrogen-bond acceptors (Lipinski definition) is 3. The fraction of sp³-hybridized carbons (Fsp3) is 0.462. The molecule has 2 rings (SSSR count). The van der Waals surface area contributed by atoms with Crippen LogP contribution in [0.3, 0.4) is 0 Å². The number of benzene rings is 1. The molecule has 0 atom stereocenters. The Bertz CT molecular complexity index is 406. The number of nitrogens with one attached hydrogen (secondary N) is 1. The number of carbonyl (C=O) groups excluding carboxylic acids is 1. The molecule has 1 aliphatic rings. The van der Waals surface area contributed by atoms with Gasteiger partial charge in [0.1, 0.15) is 11.5 Å². The molecule has 1 N–H and O–H groups in total. The highest BCUT2D eigenvalue weighted by Crippen LogP contribution is 2.26. The van der Waals surface area contributed by atoms with Crippen molar-refractivity contribution in [2.24, 2.45) is 0 Å². The van der Waals surface area contributed by atoms with E-state index in [4.69, 9.17) is 9.47 Å². The van der Waals surface area contributed by atoms with Crippen LogP contribution in [0.4, 0.5) is 10.5 Å². The van der Waals surface area contributed by atoms with Crippen LogP contribution in [-0.4, -0.2) is 38.2 Å². The topological polar surface area (TPSA) is 50.8 Å². The maximum absolute atomic E-state index is 11.9. The fourth-order valence-electron chi connectivity index (χ4n) is 2.00. The molecule has 1 saturated heterocycles. The van der Waals surface area contributed by atoms with Crippen LogP contribution < -0.4 is 14.8 Å². The average Bonchev–Trinajstić information content (AvgIpc) is 2.92. The zero-order valence-electron chi connectivity index (χ0n) is 10.7. The molecule has 1 aliphatic heterocycles. The van der Waals surface area contributed by atoms with E-state index in [2.05, 4.69) is 5.32 Å². The van der Waals surface area contributed by atoms with Gasteiger partial charge in [0.2, 0.25) is 0 Å². The van der Waals surface area contributed by atoms with Crippen LogP contribution in [0.25, 0.3) is 0 Å². The number of carbonyl (C=O) groups is 1. The quantitative estimate of drug-likeness (QED) is 0.895. The maximum atomic E-state index is 11.9. The van der Waals surface area contributed by atoms with E-state index in [-0.39, 0.29) is 6.03 Å². The highest BCUT2D eigenvalue weighted by atomic mass is 16.5. The van der Waals surface area contributed by atoms with Crippen molar-refractivity contribution >= 4 is 11.7 Å². The predicted molar refractivity (Wildman–Crippen MR) is 69.4 cm³/mol. The Hall–Kier alpha value is -1.91. The van der Waals surface area contributed by atoms with Gasteiger partial charge in [-0.1, -0.05) is 0 Å². The Morgan fingerprint density at radius 1 is 1.11 bits per heavy atom. The van der Waals surface area contributed by atoms with Crippen LogP contribution >= 0.6 is 0 Å². The van der Waals surface area contributed by atoms with Gasteiger partial charge in [-0.25, -0.2) is 4.79 Å². The van der Waals surface area contributed by atoms with Crippen molar-refractivity contribution in [1.29, 1.82) is 0 Å². The lowest BCUT2D eigenvalue weighted by Crippen LogP contribution is -2.32. The lowest BCUT2D eigenvalue weighted by Gasteiger charge is -2.17. The van der Waals surface area contributed by atoms with Crippen molar-refractivity contribution in [1.82, 2.24) is 4.90 Å². The normalized spacial score (nSPS) is 14.4. The second-order valence-corrected chi connectivity index (χ2v) is 4.23. The number of ether oxygens (including phenoxy) is 2. The zero-order chi connectivity index (χ0) is 13.0. The molecule has 0 bridgehead atoms. The summed E-state index contributed by atoms with van der Waals surface area (Å²) in [6, 6.07) is 5.25. The van der Waals surface area contributed by atoms with Gasteiger partial charge in [0.25, 0.3) is 0 Å². The molecule has 2 amide bonds. The van der Waals surface area contributed by atoms with E-state index in [1.54, 1.807) is 32.4 Å². The highest BCUT2D eigenvalue weighted by molar-refractivity contribution is 5.90. The van der Waals surface area contributed by atoms with Crippen LogP contribution in [0.5, 0.6) is 11.5 Å². The van der Waals surface area contributed by atoms with E-state index >= 15 is 0 Å². The summed E-state index contributed by atoms with van der Waals surface area (Å²) in [5.74, 6) is 1.32. The number of urea groups is 1. The molecule has 0 spiro atoms. The van der Waals surface area contributed by atoms with E-state index in [9.17, 15) is 4.79 Å². The second-order valence-electron chi connectivity index (χ2n) is 4.23. The molecule has 1 fully saturated rings. The third-order valence-electron chi connectivity index (χ3n) is 3.00. The number of methoxy groups -OCH3 is 2. The van der Waals surface area contributed by atoms with Gasteiger partial charge in [0, 0.05) is 37.0 Å². The number of hydrogen-bond donors (Lipinski definition) is 1. The van der Waals surface area contributed by atoms with Crippen LogP contribution in [0, 0.1) is 0 Å². The molecule has 0 radical (unpaired) electrons. The van der Waals surface area contributed by atoms with Crippen LogP contribution in [0.1, 0.15) is 12.8 Å². The minimum Gasteiger partial charge on any atom is -0.497 e. The van der Waals surface area contributed by atoms with E-state index in [1.165, 1.54) is 0 Å². The van der Waals surface area contributed by atoms with Crippen molar-refractivity contribution in [3.05, 3.63) is 18.2 Å². The molecule has 0 aliphatic carbocycles. The average molecular weight is 250 g/mol. The standard InChI is InChI=1S/C13H18N2O3/c1-17-11-7-10(8-12(9-11)18-2)14-13(16)15-5-3-4-6-15/h7-9H,3-6H2,1-2H3,(H,14,16). The first-order chi connectivity index (χ1) is 8.72. The summed E-state index contributed by atoms with van der Waals surface area (Å²) >= 11 is 0. The molecule has 0 saturated carbocycles. The van der Waals surface area contributed by atoms with Gasteiger partial charge in [-0.05, 0) is 12.8 Å². The van der Waals surface area contributed by atoms with Crippen LogP contribution in [0.2, 0.25) is 0 Å². The first-order valence-electron chi connectivity index (χ1n) is 6.02. The molecule has 1 aromatic carbocycles. The molecule has 1 heterocycles. The predicted octanol–water partition coefficient (Wildman–Crippen LogP) is 2.33. The molecule has 0 aromatic heterocycles. The summed E-state index contributed by atoms with van der Waals surface area (Å²) in [5, 5.41) is 2.86. The van der Waals surface area contributed by atoms with E-state index in [0.29, 0.717) is 17.2 Å². The van der Waals surface area contributed by atoms with Gasteiger partial charge in [0.05, 0.1) is 14.2 Å². The Kier molecular flexibility index (Phi) is 3.92. The Labute approximate surface area is 107 Å². The number of likely N-dealkylation sites (tertiary alicyclic amines) is 1. The summed E-state index contributed by atoms with van der Waals surface area (Å²) in [4.78, 5) is 13.8. The molecule has 98 valence electrons. The molecular weight excluding hydrogens is 232 g/mol. The summed E-state index contributed by atoms with van der Waals surface area (Å²) in [5.41, 5.74) is 0.683. The highest BCUT2D eigenvalue weighted by Gasteiger charge is 2.18. The second kappa shape index (κ2) is 5.62. The Balaban J connectivity index is 2.09. The molecule has 5 heteroatoms. The van der Waals surface area contributed by atoms with E-state index in [1.807, 2.05) is 4.90 Å². The number of amides is 2. The van der Waals surface area contributed by atoms with Crippen LogP contribution in [0.15, 0.2) is 18.2 Å². The first-order valence-corrected chi connectivity index (χ1v) is 6.02. The summed E-state index contributed by atoms with van der Waals surface area (Å²) in [7, 11) is 3.17. The molecule has 1 aromatic rings. The monoisotopic (exact) mass is 250 g/mol. The molecular formula is C13H18N2O3. The number of nitrogens with zero attached hydrogens (tertiary/aromatic N) is 1. The Morgan fingerprint density at radius 3 is 2.17 bits per heavy atom. The van der Waals surface area contributed by atoms with Crippen molar-refractivity contribution in [3.8, 4) is 11.5 Å². The van der Waals surface area contributed by atoms with Gasteiger partial charge in [0.15, 0.2) is 0 Å². The van der Waals surface area contributed by atoms with Crippen molar-refractivity contribution in [2.45, 2.75) is 12.8 Å². The SMILES string of the molecule is COc1cc(NC(=O)N2CCCC2)cc(OC)c1. The zero-order valence-corrected chi connectivity index (χ0v) is 10.7. The van der Waals surface area contributed by atoms with Gasteiger partial charge < -0.3 is 19.7 Å². The molecule has 5 nitrogen and oxygen atoms in total. The van der Waals surface area contributed by atoms with Crippen molar-refractivity contribution < 1.29 is 14.3 Å². The lowest BCUT2D eigenvalue weighted by atomic mass is 10.3. The minimum absolute atomic E-state index is 0.0668. The van der Waals surface area contributed by atoms with Gasteiger partial charge in [-0.3, -0.25) is 0 Å². The van der Waals surface area contributed by atoms with Crippen LogP contribution in [-0.2, 0) is 0 Å². The first kappa shape index (κ1) is 12.5. The van der Waals surface area contributed by atoms with Gasteiger partial charge in [-0.2, -0.15) is 0 Å². The molecule has 18 heavy (non-hydrogen) atoms. The smallest absolute Gasteiger partial charge is 0.321 e. The largest absolute Gasteiger partial charge is 0.497 e. The van der Waals surface area contributed by atoms with Crippen molar-refractivity contribution in [3.63, 3.8) is 0 Å².